The van der Waals surface area contributed by atoms with Crippen LogP contribution in [0.25, 0.3) is 0 Å². The molecule has 4 nitrogen and oxygen atoms in total. The van der Waals surface area contributed by atoms with Crippen LogP contribution in [0.4, 0.5) is 5.69 Å². The van der Waals surface area contributed by atoms with Crippen molar-refractivity contribution in [3.05, 3.63) is 39.9 Å². The molecule has 0 fully saturated rings. The highest BCUT2D eigenvalue weighted by molar-refractivity contribution is 5.55. The lowest BCUT2D eigenvalue weighted by atomic mass is 9.81. The summed E-state index contributed by atoms with van der Waals surface area (Å²) >= 11 is 0. The average molecular weight is 207 g/mol. The molecule has 0 amide bonds. The maximum atomic E-state index is 10.8. The monoisotopic (exact) mass is 207 g/mol. The number of para-hydroxylation sites is 1. The zero-order chi connectivity index (χ0) is 11.5. The number of nitro groups is 1. The van der Waals surface area contributed by atoms with Crippen LogP contribution in [0.1, 0.15) is 25.8 Å². The van der Waals surface area contributed by atoms with Crippen molar-refractivity contribution < 1.29 is 9.72 Å². The van der Waals surface area contributed by atoms with Crippen LogP contribution >= 0.6 is 0 Å². The third-order valence-corrected chi connectivity index (χ3v) is 2.42. The molecule has 1 aromatic rings. The largest absolute Gasteiger partial charge is 0.303 e. The SMILES string of the molecule is CC(C)(CC=O)c1ccccc1[N+](=O)[O-]. The zero-order valence-corrected chi connectivity index (χ0v) is 8.77. The molecule has 0 atom stereocenters. The fourth-order valence-electron chi connectivity index (χ4n) is 1.52. The third kappa shape index (κ3) is 2.40. The minimum atomic E-state index is -0.495. The van der Waals surface area contributed by atoms with Crippen molar-refractivity contribution >= 4 is 12.0 Å². The Labute approximate surface area is 88.1 Å². The molecule has 0 unspecified atom stereocenters. The highest BCUT2D eigenvalue weighted by Gasteiger charge is 2.27. The van der Waals surface area contributed by atoms with Gasteiger partial charge in [-0.05, 0) is 0 Å². The second kappa shape index (κ2) is 4.21. The summed E-state index contributed by atoms with van der Waals surface area (Å²) in [5, 5.41) is 10.8. The first-order valence-corrected chi connectivity index (χ1v) is 4.66. The smallest absolute Gasteiger partial charge is 0.273 e. The van der Waals surface area contributed by atoms with E-state index in [1.165, 1.54) is 6.07 Å². The van der Waals surface area contributed by atoms with Crippen LogP contribution in [-0.4, -0.2) is 11.2 Å². The molecule has 80 valence electrons. The molecular formula is C11H13NO3. The highest BCUT2D eigenvalue weighted by atomic mass is 16.6. The second-order valence-electron chi connectivity index (χ2n) is 4.03. The van der Waals surface area contributed by atoms with Gasteiger partial charge >= 0.3 is 0 Å². The summed E-state index contributed by atoms with van der Waals surface area (Å²) in [4.78, 5) is 20.9. The molecule has 0 spiro atoms. The van der Waals surface area contributed by atoms with Crippen LogP contribution in [0.3, 0.4) is 0 Å². The van der Waals surface area contributed by atoms with Gasteiger partial charge in [0, 0.05) is 23.5 Å². The lowest BCUT2D eigenvalue weighted by Crippen LogP contribution is -2.19. The molecule has 0 aliphatic carbocycles. The maximum absolute atomic E-state index is 10.8. The van der Waals surface area contributed by atoms with Crippen LogP contribution in [-0.2, 0) is 10.2 Å². The zero-order valence-electron chi connectivity index (χ0n) is 8.77. The van der Waals surface area contributed by atoms with Crippen molar-refractivity contribution in [3.63, 3.8) is 0 Å². The summed E-state index contributed by atoms with van der Waals surface area (Å²) < 4.78 is 0. The van der Waals surface area contributed by atoms with Crippen LogP contribution in [0, 0.1) is 10.1 Å². The number of benzene rings is 1. The first kappa shape index (κ1) is 11.4. The summed E-state index contributed by atoms with van der Waals surface area (Å²) in [7, 11) is 0. The predicted molar refractivity (Wildman–Crippen MR) is 56.8 cm³/mol. The Kier molecular flexibility index (Phi) is 3.19. The summed E-state index contributed by atoms with van der Waals surface area (Å²) in [5.74, 6) is 0. The lowest BCUT2D eigenvalue weighted by molar-refractivity contribution is -0.386. The van der Waals surface area contributed by atoms with Crippen molar-refractivity contribution in [3.8, 4) is 0 Å². The summed E-state index contributed by atoms with van der Waals surface area (Å²) in [6.07, 6.45) is 1.06. The van der Waals surface area contributed by atoms with Gasteiger partial charge in [-0.1, -0.05) is 32.0 Å². The van der Waals surface area contributed by atoms with E-state index in [2.05, 4.69) is 0 Å². The lowest BCUT2D eigenvalue weighted by Gasteiger charge is -2.21. The Balaban J connectivity index is 3.23. The minimum Gasteiger partial charge on any atom is -0.303 e. The molecule has 0 aromatic heterocycles. The molecule has 15 heavy (non-hydrogen) atoms. The molecule has 0 radical (unpaired) electrons. The Hall–Kier alpha value is -1.71. The van der Waals surface area contributed by atoms with E-state index in [-0.39, 0.29) is 12.1 Å². The number of nitrogens with zero attached hydrogens (tertiary/aromatic N) is 1. The number of hydrogen-bond donors (Lipinski definition) is 0. The molecule has 1 rings (SSSR count). The van der Waals surface area contributed by atoms with Gasteiger partial charge in [0.05, 0.1) is 4.92 Å². The van der Waals surface area contributed by atoms with Crippen LogP contribution < -0.4 is 0 Å². The first-order chi connectivity index (χ1) is 6.99. The van der Waals surface area contributed by atoms with E-state index >= 15 is 0 Å². The van der Waals surface area contributed by atoms with Gasteiger partial charge in [0.25, 0.3) is 5.69 Å². The van der Waals surface area contributed by atoms with Gasteiger partial charge in [0.15, 0.2) is 0 Å². The molecule has 0 N–H and O–H groups in total. The number of carbonyl (C=O) groups excluding carboxylic acids is 1. The van der Waals surface area contributed by atoms with Gasteiger partial charge in [0.1, 0.15) is 6.29 Å². The van der Waals surface area contributed by atoms with Crippen molar-refractivity contribution in [2.75, 3.05) is 0 Å². The molecule has 0 saturated heterocycles. The number of carbonyl (C=O) groups is 1. The van der Waals surface area contributed by atoms with Gasteiger partial charge in [-0.15, -0.1) is 0 Å². The number of rotatable bonds is 4. The van der Waals surface area contributed by atoms with E-state index in [0.717, 1.165) is 6.29 Å². The van der Waals surface area contributed by atoms with Crippen molar-refractivity contribution in [1.82, 2.24) is 0 Å². The van der Waals surface area contributed by atoms with Crippen LogP contribution in [0.15, 0.2) is 24.3 Å². The molecule has 0 aliphatic heterocycles. The van der Waals surface area contributed by atoms with Gasteiger partial charge in [-0.25, -0.2) is 0 Å². The minimum absolute atomic E-state index is 0.0735. The second-order valence-corrected chi connectivity index (χ2v) is 4.03. The average Bonchev–Trinajstić information content (AvgIpc) is 2.17. The quantitative estimate of drug-likeness (QED) is 0.433. The summed E-state index contributed by atoms with van der Waals surface area (Å²) in [5.41, 5.74) is 0.178. The van der Waals surface area contributed by atoms with Gasteiger partial charge < -0.3 is 4.79 Å². The van der Waals surface area contributed by atoms with E-state index in [0.29, 0.717) is 5.56 Å². The molecular weight excluding hydrogens is 194 g/mol. The van der Waals surface area contributed by atoms with Crippen molar-refractivity contribution in [1.29, 1.82) is 0 Å². The van der Waals surface area contributed by atoms with E-state index in [1.807, 2.05) is 13.8 Å². The van der Waals surface area contributed by atoms with Gasteiger partial charge in [-0.2, -0.15) is 0 Å². The van der Waals surface area contributed by atoms with E-state index in [1.54, 1.807) is 18.2 Å². The van der Waals surface area contributed by atoms with Gasteiger partial charge in [0.2, 0.25) is 0 Å². The van der Waals surface area contributed by atoms with Crippen molar-refractivity contribution in [2.45, 2.75) is 25.7 Å². The topological polar surface area (TPSA) is 60.2 Å². The number of hydrogen-bond acceptors (Lipinski definition) is 3. The van der Waals surface area contributed by atoms with Crippen molar-refractivity contribution in [2.24, 2.45) is 0 Å². The number of nitro benzene ring substituents is 1. The molecule has 4 heteroatoms. The Morgan fingerprint density at radius 2 is 2.00 bits per heavy atom. The fourth-order valence-corrected chi connectivity index (χ4v) is 1.52. The predicted octanol–water partition coefficient (Wildman–Crippen LogP) is 2.46. The maximum Gasteiger partial charge on any atom is 0.273 e. The first-order valence-electron chi connectivity index (χ1n) is 4.66. The van der Waals surface area contributed by atoms with E-state index in [4.69, 9.17) is 0 Å². The highest BCUT2D eigenvalue weighted by Crippen LogP contribution is 2.32. The van der Waals surface area contributed by atoms with E-state index in [9.17, 15) is 14.9 Å². The third-order valence-electron chi connectivity index (χ3n) is 2.42. The van der Waals surface area contributed by atoms with Crippen LogP contribution in [0.2, 0.25) is 0 Å². The number of aldehydes is 1. The fraction of sp³-hybridized carbons (Fsp3) is 0.364. The molecule has 0 aliphatic rings. The normalized spacial score (nSPS) is 11.1. The summed E-state index contributed by atoms with van der Waals surface area (Å²) in [6, 6.07) is 6.52. The molecule has 0 saturated carbocycles. The molecule has 0 bridgehead atoms. The summed E-state index contributed by atoms with van der Waals surface area (Å²) in [6.45, 7) is 3.65. The Bertz CT molecular complexity index is 385. The van der Waals surface area contributed by atoms with E-state index < -0.39 is 10.3 Å². The molecule has 1 aromatic carbocycles. The Morgan fingerprint density at radius 1 is 1.40 bits per heavy atom. The standard InChI is InChI=1S/C11H13NO3/c1-11(2,7-8-13)9-5-3-4-6-10(9)12(14)15/h3-6,8H,7H2,1-2H3. The Morgan fingerprint density at radius 3 is 2.53 bits per heavy atom. The van der Waals surface area contributed by atoms with Crippen LogP contribution in [0.5, 0.6) is 0 Å². The van der Waals surface area contributed by atoms with Gasteiger partial charge in [-0.3, -0.25) is 10.1 Å². The molecule has 0 heterocycles.